The fourth-order valence-corrected chi connectivity index (χ4v) is 1.81. The predicted octanol–water partition coefficient (Wildman–Crippen LogP) is 2.97. The SMILES string of the molecule is ON=C(Cl)c1ccc(OC2CCCCO2)cc1. The molecule has 0 spiro atoms. The van der Waals surface area contributed by atoms with E-state index in [9.17, 15) is 0 Å². The van der Waals surface area contributed by atoms with Crippen molar-refractivity contribution in [3.8, 4) is 5.75 Å². The Morgan fingerprint density at radius 3 is 2.71 bits per heavy atom. The topological polar surface area (TPSA) is 51.1 Å². The molecule has 0 amide bonds. The zero-order valence-corrected chi connectivity index (χ0v) is 10.1. The summed E-state index contributed by atoms with van der Waals surface area (Å²) < 4.78 is 11.1. The van der Waals surface area contributed by atoms with Crippen LogP contribution in [0, 0.1) is 0 Å². The van der Waals surface area contributed by atoms with Gasteiger partial charge in [-0.2, -0.15) is 0 Å². The van der Waals surface area contributed by atoms with Crippen LogP contribution in [-0.2, 0) is 4.74 Å². The van der Waals surface area contributed by atoms with Gasteiger partial charge in [-0.15, -0.1) is 0 Å². The summed E-state index contributed by atoms with van der Waals surface area (Å²) in [6.07, 6.45) is 2.99. The van der Waals surface area contributed by atoms with Gasteiger partial charge in [-0.1, -0.05) is 16.8 Å². The summed E-state index contributed by atoms with van der Waals surface area (Å²) in [5, 5.41) is 11.5. The lowest BCUT2D eigenvalue weighted by molar-refractivity contribution is -0.105. The summed E-state index contributed by atoms with van der Waals surface area (Å²) in [7, 11) is 0. The van der Waals surface area contributed by atoms with E-state index in [0.717, 1.165) is 31.6 Å². The van der Waals surface area contributed by atoms with Crippen LogP contribution in [0.25, 0.3) is 0 Å². The second-order valence-corrected chi connectivity index (χ2v) is 4.19. The van der Waals surface area contributed by atoms with Crippen LogP contribution in [-0.4, -0.2) is 23.3 Å². The maximum absolute atomic E-state index is 8.52. The normalized spacial score (nSPS) is 21.2. The third-order valence-corrected chi connectivity index (χ3v) is 2.88. The van der Waals surface area contributed by atoms with Gasteiger partial charge in [0.05, 0.1) is 6.61 Å². The van der Waals surface area contributed by atoms with Crippen molar-refractivity contribution in [2.24, 2.45) is 5.16 Å². The van der Waals surface area contributed by atoms with Crippen molar-refractivity contribution in [2.45, 2.75) is 25.6 Å². The number of halogens is 1. The summed E-state index contributed by atoms with van der Waals surface area (Å²) in [5.74, 6) is 0.725. The van der Waals surface area contributed by atoms with E-state index in [-0.39, 0.29) is 11.5 Å². The highest BCUT2D eigenvalue weighted by molar-refractivity contribution is 6.69. The molecule has 1 fully saturated rings. The van der Waals surface area contributed by atoms with Gasteiger partial charge in [0, 0.05) is 12.0 Å². The molecular weight excluding hydrogens is 242 g/mol. The summed E-state index contributed by atoms with van der Waals surface area (Å²) in [6, 6.07) is 7.03. The molecule has 0 aromatic heterocycles. The lowest BCUT2D eigenvalue weighted by Gasteiger charge is -2.23. The van der Waals surface area contributed by atoms with Gasteiger partial charge in [0.25, 0.3) is 0 Å². The molecule has 1 saturated heterocycles. The number of rotatable bonds is 3. The Bertz CT molecular complexity index is 385. The molecule has 1 atom stereocenters. The molecule has 2 rings (SSSR count). The van der Waals surface area contributed by atoms with Gasteiger partial charge in [0.2, 0.25) is 0 Å². The van der Waals surface area contributed by atoms with Crippen molar-refractivity contribution >= 4 is 16.8 Å². The molecule has 1 heterocycles. The minimum Gasteiger partial charge on any atom is -0.465 e. The molecule has 1 aliphatic heterocycles. The third-order valence-electron chi connectivity index (χ3n) is 2.59. The van der Waals surface area contributed by atoms with E-state index < -0.39 is 0 Å². The van der Waals surface area contributed by atoms with Crippen molar-refractivity contribution < 1.29 is 14.7 Å². The molecule has 0 radical (unpaired) electrons. The van der Waals surface area contributed by atoms with Crippen molar-refractivity contribution in [1.29, 1.82) is 0 Å². The van der Waals surface area contributed by atoms with Gasteiger partial charge in [0.1, 0.15) is 5.75 Å². The first-order chi connectivity index (χ1) is 8.29. The van der Waals surface area contributed by atoms with Gasteiger partial charge in [-0.25, -0.2) is 0 Å². The average molecular weight is 256 g/mol. The predicted molar refractivity (Wildman–Crippen MR) is 64.8 cm³/mol. The monoisotopic (exact) mass is 255 g/mol. The lowest BCUT2D eigenvalue weighted by Crippen LogP contribution is -2.24. The van der Waals surface area contributed by atoms with Crippen molar-refractivity contribution in [3.05, 3.63) is 29.8 Å². The maximum Gasteiger partial charge on any atom is 0.199 e. The van der Waals surface area contributed by atoms with E-state index in [1.165, 1.54) is 0 Å². The highest BCUT2D eigenvalue weighted by Gasteiger charge is 2.15. The Labute approximate surface area is 105 Å². The van der Waals surface area contributed by atoms with Crippen LogP contribution >= 0.6 is 11.6 Å². The smallest absolute Gasteiger partial charge is 0.199 e. The first-order valence-electron chi connectivity index (χ1n) is 5.56. The van der Waals surface area contributed by atoms with Crippen LogP contribution in [0.5, 0.6) is 5.75 Å². The Hall–Kier alpha value is -1.26. The minimum absolute atomic E-state index is 0.0606. The molecule has 4 nitrogen and oxygen atoms in total. The number of hydrogen-bond donors (Lipinski definition) is 1. The summed E-state index contributed by atoms with van der Waals surface area (Å²) in [5.41, 5.74) is 0.645. The third kappa shape index (κ3) is 3.35. The molecule has 0 aliphatic carbocycles. The maximum atomic E-state index is 8.52. The van der Waals surface area contributed by atoms with Crippen LogP contribution in [0.4, 0.5) is 0 Å². The quantitative estimate of drug-likeness (QED) is 0.513. The number of nitrogens with zero attached hydrogens (tertiary/aromatic N) is 1. The van der Waals surface area contributed by atoms with Crippen molar-refractivity contribution in [2.75, 3.05) is 6.61 Å². The van der Waals surface area contributed by atoms with Gasteiger partial charge < -0.3 is 14.7 Å². The fraction of sp³-hybridized carbons (Fsp3) is 0.417. The first kappa shape index (κ1) is 12.2. The van der Waals surface area contributed by atoms with Crippen molar-refractivity contribution in [1.82, 2.24) is 0 Å². The average Bonchev–Trinajstić information content (AvgIpc) is 2.40. The molecule has 1 aromatic rings. The van der Waals surface area contributed by atoms with Crippen LogP contribution in [0.15, 0.2) is 29.4 Å². The molecule has 5 heteroatoms. The fourth-order valence-electron chi connectivity index (χ4n) is 1.68. The Morgan fingerprint density at radius 2 is 2.12 bits per heavy atom. The van der Waals surface area contributed by atoms with Crippen LogP contribution in [0.1, 0.15) is 24.8 Å². The standard InChI is InChI=1S/C12H14ClNO3/c13-12(14-15)9-4-6-10(7-5-9)17-11-3-1-2-8-16-11/h4-7,11,15H,1-3,8H2. The summed E-state index contributed by atoms with van der Waals surface area (Å²) in [4.78, 5) is 0. The van der Waals surface area contributed by atoms with Crippen molar-refractivity contribution in [3.63, 3.8) is 0 Å². The number of hydrogen-bond acceptors (Lipinski definition) is 4. The summed E-state index contributed by atoms with van der Waals surface area (Å²) >= 11 is 5.67. The van der Waals surface area contributed by atoms with Gasteiger partial charge >= 0.3 is 0 Å². The largest absolute Gasteiger partial charge is 0.465 e. The van der Waals surface area contributed by atoms with E-state index in [1.807, 2.05) is 0 Å². The number of ether oxygens (including phenoxy) is 2. The first-order valence-corrected chi connectivity index (χ1v) is 5.93. The van der Waals surface area contributed by atoms with E-state index in [0.29, 0.717) is 5.56 Å². The van der Waals surface area contributed by atoms with Crippen LogP contribution < -0.4 is 4.74 Å². The van der Waals surface area contributed by atoms with Gasteiger partial charge in [-0.3, -0.25) is 0 Å². The molecule has 17 heavy (non-hydrogen) atoms. The Balaban J connectivity index is 1.97. The minimum atomic E-state index is -0.156. The number of oxime groups is 1. The van der Waals surface area contributed by atoms with E-state index in [1.54, 1.807) is 24.3 Å². The number of benzene rings is 1. The molecule has 0 saturated carbocycles. The zero-order valence-electron chi connectivity index (χ0n) is 9.30. The molecule has 92 valence electrons. The summed E-state index contributed by atoms with van der Waals surface area (Å²) in [6.45, 7) is 0.756. The highest BCUT2D eigenvalue weighted by atomic mass is 35.5. The van der Waals surface area contributed by atoms with E-state index in [2.05, 4.69) is 5.16 Å². The Morgan fingerprint density at radius 1 is 1.35 bits per heavy atom. The van der Waals surface area contributed by atoms with Gasteiger partial charge in [-0.05, 0) is 37.1 Å². The van der Waals surface area contributed by atoms with E-state index in [4.69, 9.17) is 26.3 Å². The van der Waals surface area contributed by atoms with Crippen LogP contribution in [0.2, 0.25) is 0 Å². The Kier molecular flexibility index (Phi) is 4.23. The lowest BCUT2D eigenvalue weighted by atomic mass is 10.2. The molecular formula is C12H14ClNO3. The molecule has 0 bridgehead atoms. The highest BCUT2D eigenvalue weighted by Crippen LogP contribution is 2.20. The van der Waals surface area contributed by atoms with E-state index >= 15 is 0 Å². The molecule has 1 aliphatic rings. The second kappa shape index (κ2) is 5.89. The zero-order chi connectivity index (χ0) is 12.1. The van der Waals surface area contributed by atoms with Crippen LogP contribution in [0.3, 0.4) is 0 Å². The molecule has 1 unspecified atom stereocenters. The molecule has 1 aromatic carbocycles. The second-order valence-electron chi connectivity index (χ2n) is 3.83. The van der Waals surface area contributed by atoms with Gasteiger partial charge in [0.15, 0.2) is 11.5 Å². The molecule has 1 N–H and O–H groups in total.